The van der Waals surface area contributed by atoms with Crippen LogP contribution >= 0.6 is 0 Å². The average molecular weight is 209 g/mol. The van der Waals surface area contributed by atoms with Crippen molar-refractivity contribution in [1.29, 1.82) is 0 Å². The van der Waals surface area contributed by atoms with Gasteiger partial charge < -0.3 is 0 Å². The van der Waals surface area contributed by atoms with Crippen LogP contribution in [0.4, 0.5) is 0 Å². The Bertz CT molecular complexity index is 218. The Morgan fingerprint density at radius 3 is 2.71 bits per heavy atom. The van der Waals surface area contributed by atoms with Crippen molar-refractivity contribution in [3.05, 3.63) is 12.3 Å². The molecule has 0 aromatic rings. The van der Waals surface area contributed by atoms with E-state index in [1.165, 1.54) is 43.9 Å². The van der Waals surface area contributed by atoms with Gasteiger partial charge in [0.05, 0.1) is 8.07 Å². The minimum absolute atomic E-state index is 1.07. The van der Waals surface area contributed by atoms with E-state index in [1.54, 1.807) is 0 Å². The van der Waals surface area contributed by atoms with Crippen LogP contribution in [0.15, 0.2) is 17.3 Å². The third-order valence-electron chi connectivity index (χ3n) is 2.92. The first-order chi connectivity index (χ1) is 6.64. The van der Waals surface area contributed by atoms with Gasteiger partial charge in [0.1, 0.15) is 0 Å². The fraction of sp³-hybridized carbons (Fsp3) is 0.750. The molecule has 0 aliphatic carbocycles. The zero-order chi connectivity index (χ0) is 10.4. The molecule has 0 saturated heterocycles. The summed E-state index contributed by atoms with van der Waals surface area (Å²) in [5, 5.41) is 0. The van der Waals surface area contributed by atoms with Gasteiger partial charge in [0.15, 0.2) is 0 Å². The summed E-state index contributed by atoms with van der Waals surface area (Å²) in [5.74, 6) is 0. The van der Waals surface area contributed by atoms with Crippen LogP contribution in [0.2, 0.25) is 19.1 Å². The summed E-state index contributed by atoms with van der Waals surface area (Å²) < 4.78 is 0. The number of rotatable bonds is 3. The molecule has 0 fully saturated rings. The molecule has 0 aromatic carbocycles. The van der Waals surface area contributed by atoms with Crippen molar-refractivity contribution in [2.75, 3.05) is 6.54 Å². The SMILES string of the molecule is C=C[Si](C)(C)CC1=NCCCCCC1. The van der Waals surface area contributed by atoms with Crippen LogP contribution < -0.4 is 0 Å². The molecule has 0 aromatic heterocycles. The molecule has 1 aliphatic rings. The Labute approximate surface area is 89.3 Å². The Hall–Kier alpha value is -0.373. The van der Waals surface area contributed by atoms with Gasteiger partial charge in [-0.05, 0) is 25.3 Å². The van der Waals surface area contributed by atoms with Crippen molar-refractivity contribution in [1.82, 2.24) is 0 Å². The van der Waals surface area contributed by atoms with Gasteiger partial charge in [0.2, 0.25) is 0 Å². The summed E-state index contributed by atoms with van der Waals surface area (Å²) in [4.78, 5) is 4.72. The molecular weight excluding hydrogens is 186 g/mol. The minimum atomic E-state index is -1.17. The molecule has 2 heteroatoms. The molecule has 0 bridgehead atoms. The van der Waals surface area contributed by atoms with E-state index >= 15 is 0 Å². The smallest absolute Gasteiger partial charge is 0.0764 e. The van der Waals surface area contributed by atoms with Crippen LogP contribution in [0.3, 0.4) is 0 Å². The average Bonchev–Trinajstić information content (AvgIpc) is 2.10. The zero-order valence-corrected chi connectivity index (χ0v) is 10.7. The minimum Gasteiger partial charge on any atom is -0.294 e. The molecule has 1 rings (SSSR count). The summed E-state index contributed by atoms with van der Waals surface area (Å²) in [7, 11) is -1.17. The Kier molecular flexibility index (Phi) is 4.59. The topological polar surface area (TPSA) is 12.4 Å². The lowest BCUT2D eigenvalue weighted by atomic mass is 10.1. The van der Waals surface area contributed by atoms with Crippen LogP contribution in [0.5, 0.6) is 0 Å². The molecule has 80 valence electrons. The highest BCUT2D eigenvalue weighted by Crippen LogP contribution is 2.17. The number of aliphatic imine (C=N–C) groups is 1. The van der Waals surface area contributed by atoms with Gasteiger partial charge in [-0.1, -0.05) is 25.9 Å². The first kappa shape index (κ1) is 11.7. The van der Waals surface area contributed by atoms with Crippen molar-refractivity contribution in [3.63, 3.8) is 0 Å². The maximum atomic E-state index is 4.72. The third kappa shape index (κ3) is 4.23. The molecule has 0 saturated carbocycles. The van der Waals surface area contributed by atoms with Gasteiger partial charge in [-0.25, -0.2) is 0 Å². The highest BCUT2D eigenvalue weighted by molar-refractivity contribution is 6.84. The first-order valence-corrected chi connectivity index (χ1v) is 9.08. The standard InChI is InChI=1S/C12H23NSi/c1-4-14(2,3)11-12-9-7-5-6-8-10-13-12/h4H,1,5-11H2,2-3H3. The summed E-state index contributed by atoms with van der Waals surface area (Å²) in [5.41, 5.74) is 3.66. The molecule has 0 spiro atoms. The second kappa shape index (κ2) is 5.49. The normalized spacial score (nSPS) is 19.4. The van der Waals surface area contributed by atoms with Gasteiger partial charge in [-0.2, -0.15) is 0 Å². The van der Waals surface area contributed by atoms with Gasteiger partial charge in [-0.3, -0.25) is 4.99 Å². The Balaban J connectivity index is 2.52. The van der Waals surface area contributed by atoms with E-state index in [2.05, 4.69) is 25.4 Å². The summed E-state index contributed by atoms with van der Waals surface area (Å²) in [6.07, 6.45) is 6.65. The maximum Gasteiger partial charge on any atom is 0.0764 e. The predicted molar refractivity (Wildman–Crippen MR) is 67.9 cm³/mol. The number of nitrogens with zero attached hydrogens (tertiary/aromatic N) is 1. The van der Waals surface area contributed by atoms with E-state index in [0.717, 1.165) is 6.54 Å². The van der Waals surface area contributed by atoms with Gasteiger partial charge in [-0.15, -0.1) is 12.3 Å². The largest absolute Gasteiger partial charge is 0.294 e. The Morgan fingerprint density at radius 2 is 2.00 bits per heavy atom. The molecule has 1 nitrogen and oxygen atoms in total. The molecule has 1 aliphatic heterocycles. The van der Waals surface area contributed by atoms with Gasteiger partial charge >= 0.3 is 0 Å². The van der Waals surface area contributed by atoms with E-state index in [-0.39, 0.29) is 0 Å². The molecule has 1 heterocycles. The van der Waals surface area contributed by atoms with E-state index < -0.39 is 8.07 Å². The van der Waals surface area contributed by atoms with Crippen molar-refractivity contribution in [2.24, 2.45) is 4.99 Å². The molecule has 14 heavy (non-hydrogen) atoms. The van der Waals surface area contributed by atoms with E-state index in [0.29, 0.717) is 0 Å². The zero-order valence-electron chi connectivity index (χ0n) is 9.68. The third-order valence-corrected chi connectivity index (χ3v) is 5.35. The quantitative estimate of drug-likeness (QED) is 0.627. The molecule has 0 N–H and O–H groups in total. The molecule has 0 unspecified atom stereocenters. The van der Waals surface area contributed by atoms with Crippen molar-refractivity contribution in [2.45, 2.75) is 51.2 Å². The van der Waals surface area contributed by atoms with E-state index in [9.17, 15) is 0 Å². The number of hydrogen-bond donors (Lipinski definition) is 0. The lowest BCUT2D eigenvalue weighted by Crippen LogP contribution is -2.26. The monoisotopic (exact) mass is 209 g/mol. The van der Waals surface area contributed by atoms with Crippen molar-refractivity contribution in [3.8, 4) is 0 Å². The van der Waals surface area contributed by atoms with Crippen molar-refractivity contribution < 1.29 is 0 Å². The van der Waals surface area contributed by atoms with Crippen LogP contribution in [-0.2, 0) is 0 Å². The van der Waals surface area contributed by atoms with Crippen LogP contribution in [-0.4, -0.2) is 20.3 Å². The predicted octanol–water partition coefficient (Wildman–Crippen LogP) is 3.83. The molecule has 0 radical (unpaired) electrons. The first-order valence-electron chi connectivity index (χ1n) is 5.80. The van der Waals surface area contributed by atoms with E-state index in [1.807, 2.05) is 0 Å². The summed E-state index contributed by atoms with van der Waals surface area (Å²) >= 11 is 0. The Morgan fingerprint density at radius 1 is 1.29 bits per heavy atom. The molecular formula is C12H23NSi. The highest BCUT2D eigenvalue weighted by Gasteiger charge is 2.19. The van der Waals surface area contributed by atoms with Gasteiger partial charge in [0, 0.05) is 12.3 Å². The highest BCUT2D eigenvalue weighted by atomic mass is 28.3. The summed E-state index contributed by atoms with van der Waals surface area (Å²) in [6.45, 7) is 9.77. The molecule has 0 atom stereocenters. The van der Waals surface area contributed by atoms with Crippen LogP contribution in [0.25, 0.3) is 0 Å². The number of hydrogen-bond acceptors (Lipinski definition) is 1. The maximum absolute atomic E-state index is 4.72. The van der Waals surface area contributed by atoms with Gasteiger partial charge in [0.25, 0.3) is 0 Å². The second-order valence-electron chi connectivity index (χ2n) is 4.98. The summed E-state index contributed by atoms with van der Waals surface area (Å²) in [6, 6.07) is 1.23. The van der Waals surface area contributed by atoms with Crippen molar-refractivity contribution >= 4 is 13.8 Å². The van der Waals surface area contributed by atoms with Crippen LogP contribution in [0.1, 0.15) is 32.1 Å². The second-order valence-corrected chi connectivity index (χ2v) is 9.72. The fourth-order valence-electron chi connectivity index (χ4n) is 1.85. The lowest BCUT2D eigenvalue weighted by Gasteiger charge is -2.19. The fourth-order valence-corrected chi connectivity index (χ4v) is 3.34. The molecule has 0 amide bonds. The van der Waals surface area contributed by atoms with E-state index in [4.69, 9.17) is 4.99 Å². The van der Waals surface area contributed by atoms with Crippen LogP contribution in [0, 0.1) is 0 Å². The lowest BCUT2D eigenvalue weighted by molar-refractivity contribution is 0.643.